The number of carbonyl (C=O) groups is 2. The maximum atomic E-state index is 13.2. The van der Waals surface area contributed by atoms with Crippen molar-refractivity contribution in [1.82, 2.24) is 34.8 Å². The number of thiazole rings is 1. The summed E-state index contributed by atoms with van der Waals surface area (Å²) < 4.78 is 1.54. The van der Waals surface area contributed by atoms with E-state index in [2.05, 4.69) is 35.6 Å². The van der Waals surface area contributed by atoms with Crippen molar-refractivity contribution in [2.24, 2.45) is 0 Å². The Kier molecular flexibility index (Phi) is 8.83. The van der Waals surface area contributed by atoms with E-state index in [1.165, 1.54) is 28.3 Å². The second-order valence-corrected chi connectivity index (χ2v) is 10.4. The van der Waals surface area contributed by atoms with Crippen LogP contribution in [-0.4, -0.2) is 47.1 Å². The Labute approximate surface area is 237 Å². The molecule has 0 atom stereocenters. The third kappa shape index (κ3) is 7.12. The summed E-state index contributed by atoms with van der Waals surface area (Å²) in [6, 6.07) is 13.5. The fraction of sp³-hybridized carbons (Fsp3) is 0.185. The molecule has 2 amide bonds. The van der Waals surface area contributed by atoms with Crippen molar-refractivity contribution in [3.63, 3.8) is 0 Å². The lowest BCUT2D eigenvalue weighted by atomic mass is 10.1. The molecule has 0 radical (unpaired) electrons. The van der Waals surface area contributed by atoms with Crippen LogP contribution in [0.15, 0.2) is 82.6 Å². The lowest BCUT2D eigenvalue weighted by molar-refractivity contribution is -0.120. The zero-order valence-electron chi connectivity index (χ0n) is 21.2. The predicted octanol–water partition coefficient (Wildman–Crippen LogP) is 2.87. The van der Waals surface area contributed by atoms with Gasteiger partial charge < -0.3 is 10.6 Å². The molecule has 1 aromatic carbocycles. The largest absolute Gasteiger partial charge is 0.352 e. The van der Waals surface area contributed by atoms with Gasteiger partial charge in [-0.15, -0.1) is 11.3 Å². The number of anilines is 1. The van der Waals surface area contributed by atoms with Gasteiger partial charge in [-0.2, -0.15) is 0 Å². The van der Waals surface area contributed by atoms with Crippen LogP contribution in [0.2, 0.25) is 0 Å². The summed E-state index contributed by atoms with van der Waals surface area (Å²) in [7, 11) is 0. The van der Waals surface area contributed by atoms with E-state index in [4.69, 9.17) is 0 Å². The number of thioether (sulfide) groups is 1. The zero-order chi connectivity index (χ0) is 27.7. The van der Waals surface area contributed by atoms with Crippen molar-refractivity contribution in [1.29, 1.82) is 0 Å². The molecule has 0 saturated carbocycles. The molecule has 5 aromatic rings. The maximum Gasteiger partial charge on any atom is 0.282 e. The molecule has 0 bridgehead atoms. The smallest absolute Gasteiger partial charge is 0.282 e. The molecular weight excluding hydrogens is 548 g/mol. The van der Waals surface area contributed by atoms with Crippen molar-refractivity contribution in [3.8, 4) is 0 Å². The molecular formula is C27H24N8O3S2. The monoisotopic (exact) mass is 572 g/mol. The highest BCUT2D eigenvalue weighted by molar-refractivity contribution is 7.99. The summed E-state index contributed by atoms with van der Waals surface area (Å²) in [5.41, 5.74) is 2.70. The fourth-order valence-corrected chi connectivity index (χ4v) is 5.32. The van der Waals surface area contributed by atoms with Crippen LogP contribution in [0.3, 0.4) is 0 Å². The van der Waals surface area contributed by atoms with Gasteiger partial charge in [0.15, 0.2) is 21.5 Å². The first-order chi connectivity index (χ1) is 19.5. The third-order valence-electron chi connectivity index (χ3n) is 5.74. The highest BCUT2D eigenvalue weighted by Gasteiger charge is 2.16. The summed E-state index contributed by atoms with van der Waals surface area (Å²) in [6.45, 7) is 0.780. The van der Waals surface area contributed by atoms with E-state index in [9.17, 15) is 14.4 Å². The summed E-state index contributed by atoms with van der Waals surface area (Å²) in [5, 5.41) is 8.11. The number of rotatable bonds is 11. The van der Waals surface area contributed by atoms with E-state index in [0.717, 1.165) is 22.9 Å². The molecule has 0 unspecified atom stereocenters. The lowest BCUT2D eigenvalue weighted by Gasteiger charge is -2.12. The molecule has 0 aliphatic rings. The Morgan fingerprint density at radius 2 is 1.73 bits per heavy atom. The van der Waals surface area contributed by atoms with Gasteiger partial charge in [-0.05, 0) is 29.7 Å². The molecule has 202 valence electrons. The van der Waals surface area contributed by atoms with E-state index in [1.807, 2.05) is 42.5 Å². The standard InChI is InChI=1S/C27H24N8O3S2/c36-21(31-15-19-6-9-28-10-7-19)14-20-16-39-26(32-20)33-22(37)17-40-27-34-24-23(29-11-12-30-24)25(38)35(27)13-8-18-4-2-1-3-5-18/h1-7,9-12,16H,8,13-15,17H2,(H,31,36)(H,32,33,37). The second-order valence-electron chi connectivity index (χ2n) is 8.61. The molecule has 40 heavy (non-hydrogen) atoms. The van der Waals surface area contributed by atoms with Crippen LogP contribution in [0.4, 0.5) is 5.13 Å². The number of pyridine rings is 1. The number of nitrogens with one attached hydrogen (secondary N) is 2. The fourth-order valence-electron chi connectivity index (χ4n) is 3.78. The molecule has 4 heterocycles. The highest BCUT2D eigenvalue weighted by Crippen LogP contribution is 2.20. The van der Waals surface area contributed by atoms with Gasteiger partial charge in [-0.25, -0.2) is 19.9 Å². The van der Waals surface area contributed by atoms with Gasteiger partial charge in [-0.1, -0.05) is 42.1 Å². The first-order valence-electron chi connectivity index (χ1n) is 12.3. The van der Waals surface area contributed by atoms with Crippen LogP contribution in [0.25, 0.3) is 11.2 Å². The number of aromatic nitrogens is 6. The number of hydrogen-bond acceptors (Lipinski definition) is 10. The van der Waals surface area contributed by atoms with Gasteiger partial charge in [0.05, 0.1) is 17.9 Å². The molecule has 4 aromatic heterocycles. The second kappa shape index (κ2) is 13.0. The molecule has 0 aliphatic heterocycles. The van der Waals surface area contributed by atoms with Gasteiger partial charge in [0, 0.05) is 43.3 Å². The van der Waals surface area contributed by atoms with Gasteiger partial charge in [0.25, 0.3) is 5.56 Å². The molecule has 0 saturated heterocycles. The molecule has 0 aliphatic carbocycles. The maximum absolute atomic E-state index is 13.2. The first kappa shape index (κ1) is 27.1. The van der Waals surface area contributed by atoms with Crippen molar-refractivity contribution < 1.29 is 9.59 Å². The molecule has 5 rings (SSSR count). The van der Waals surface area contributed by atoms with Crippen LogP contribution < -0.4 is 16.2 Å². The molecule has 2 N–H and O–H groups in total. The minimum Gasteiger partial charge on any atom is -0.352 e. The van der Waals surface area contributed by atoms with Gasteiger partial charge >= 0.3 is 0 Å². The molecule has 11 nitrogen and oxygen atoms in total. The Morgan fingerprint density at radius 1 is 0.925 bits per heavy atom. The zero-order valence-corrected chi connectivity index (χ0v) is 22.8. The normalized spacial score (nSPS) is 10.9. The minimum atomic E-state index is -0.309. The van der Waals surface area contributed by atoms with Crippen LogP contribution >= 0.6 is 23.1 Å². The first-order valence-corrected chi connectivity index (χ1v) is 14.2. The lowest BCUT2D eigenvalue weighted by Crippen LogP contribution is -2.26. The average Bonchev–Trinajstić information content (AvgIpc) is 3.42. The molecule has 13 heteroatoms. The Balaban J connectivity index is 1.19. The molecule has 0 spiro atoms. The van der Waals surface area contributed by atoms with Crippen molar-refractivity contribution >= 4 is 51.2 Å². The Bertz CT molecular complexity index is 1680. The summed E-state index contributed by atoms with van der Waals surface area (Å²) in [6.07, 6.45) is 6.99. The quantitative estimate of drug-likeness (QED) is 0.180. The Hall–Kier alpha value is -4.49. The van der Waals surface area contributed by atoms with Gasteiger partial charge in [0.1, 0.15) is 0 Å². The van der Waals surface area contributed by atoms with Crippen LogP contribution in [0, 0.1) is 0 Å². The van der Waals surface area contributed by atoms with E-state index < -0.39 is 0 Å². The number of benzene rings is 1. The molecule has 0 fully saturated rings. The van der Waals surface area contributed by atoms with E-state index in [1.54, 1.807) is 17.8 Å². The summed E-state index contributed by atoms with van der Waals surface area (Å²) in [4.78, 5) is 59.3. The van der Waals surface area contributed by atoms with Crippen molar-refractivity contribution in [2.75, 3.05) is 11.1 Å². The number of hydrogen-bond donors (Lipinski definition) is 2. The van der Waals surface area contributed by atoms with Gasteiger partial charge in [0.2, 0.25) is 11.8 Å². The number of nitrogens with zero attached hydrogens (tertiary/aromatic N) is 6. The number of fused-ring (bicyclic) bond motifs is 1. The van der Waals surface area contributed by atoms with E-state index >= 15 is 0 Å². The van der Waals surface area contributed by atoms with Crippen LogP contribution in [0.5, 0.6) is 0 Å². The van der Waals surface area contributed by atoms with Crippen molar-refractivity contribution in [3.05, 3.63) is 99.8 Å². The van der Waals surface area contributed by atoms with Crippen LogP contribution in [0.1, 0.15) is 16.8 Å². The Morgan fingerprint density at radius 3 is 2.55 bits per heavy atom. The number of amides is 2. The predicted molar refractivity (Wildman–Crippen MR) is 153 cm³/mol. The number of aryl methyl sites for hydroxylation is 1. The van der Waals surface area contributed by atoms with Gasteiger partial charge in [-0.3, -0.25) is 23.9 Å². The average molecular weight is 573 g/mol. The minimum absolute atomic E-state index is 0.00484. The van der Waals surface area contributed by atoms with E-state index in [-0.39, 0.29) is 40.7 Å². The summed E-state index contributed by atoms with van der Waals surface area (Å²) in [5.74, 6) is -0.476. The SMILES string of the molecule is O=C(Cc1csc(NC(=O)CSc2nc3nccnc3c(=O)n2CCc2ccccc2)n1)NCc1ccncc1. The highest BCUT2D eigenvalue weighted by atomic mass is 32.2. The van der Waals surface area contributed by atoms with E-state index in [0.29, 0.717) is 35.5 Å². The topological polar surface area (TPSA) is 145 Å². The van der Waals surface area contributed by atoms with Crippen LogP contribution in [-0.2, 0) is 35.5 Å². The number of carbonyl (C=O) groups excluding carboxylic acids is 2. The third-order valence-corrected chi connectivity index (χ3v) is 7.52. The van der Waals surface area contributed by atoms with Crippen molar-refractivity contribution in [2.45, 2.75) is 31.1 Å². The summed E-state index contributed by atoms with van der Waals surface area (Å²) >= 11 is 2.38.